The highest BCUT2D eigenvalue weighted by molar-refractivity contribution is 6.30. The molecule has 0 unspecified atom stereocenters. The van der Waals surface area contributed by atoms with Crippen molar-refractivity contribution in [2.45, 2.75) is 23.1 Å². The Hall–Kier alpha value is 0.460. The second kappa shape index (κ2) is 3.24. The quantitative estimate of drug-likeness (QED) is 0.521. The summed E-state index contributed by atoms with van der Waals surface area (Å²) in [6.45, 7) is 0.175. The van der Waals surface area contributed by atoms with E-state index in [1.807, 2.05) is 0 Å². The predicted octanol–water partition coefficient (Wildman–Crippen LogP) is -0.0893. The van der Waals surface area contributed by atoms with Crippen molar-refractivity contribution in [2.75, 3.05) is 6.61 Å². The Balaban J connectivity index is 2.52. The maximum absolute atomic E-state index is 9.03. The first kappa shape index (κ1) is 8.56. The molecule has 1 rings (SSSR count). The number of aliphatic hydroxyl groups is 2. The molecule has 0 aromatic rings. The summed E-state index contributed by atoms with van der Waals surface area (Å²) in [7, 11) is 0. The minimum absolute atomic E-state index is 0.175. The SMILES string of the molecule is O[C@@H]1[C@@H](Cl)[C@@H](Cl)CO[C@H]1O. The van der Waals surface area contributed by atoms with Crippen molar-refractivity contribution in [1.82, 2.24) is 0 Å². The molecule has 1 saturated heterocycles. The fraction of sp³-hybridized carbons (Fsp3) is 1.00. The summed E-state index contributed by atoms with van der Waals surface area (Å²) in [6.07, 6.45) is -2.28. The highest BCUT2D eigenvalue weighted by Crippen LogP contribution is 2.22. The van der Waals surface area contributed by atoms with Gasteiger partial charge in [-0.2, -0.15) is 0 Å². The van der Waals surface area contributed by atoms with E-state index in [4.69, 9.17) is 33.4 Å². The van der Waals surface area contributed by atoms with Crippen LogP contribution >= 0.6 is 23.2 Å². The standard InChI is InChI=1S/C5H8Cl2O3/c6-2-1-10-5(9)4(8)3(2)7/h2-5,8-9H,1H2/t2-,3-,4+,5+/m0/s1. The van der Waals surface area contributed by atoms with Gasteiger partial charge in [-0.15, -0.1) is 23.2 Å². The highest BCUT2D eigenvalue weighted by Gasteiger charge is 2.36. The number of alkyl halides is 2. The maximum Gasteiger partial charge on any atom is 0.182 e. The third kappa shape index (κ3) is 1.54. The van der Waals surface area contributed by atoms with Crippen LogP contribution in [0.5, 0.6) is 0 Å². The molecule has 0 spiro atoms. The first-order chi connectivity index (χ1) is 4.63. The zero-order valence-electron chi connectivity index (χ0n) is 5.08. The molecule has 0 aromatic carbocycles. The third-order valence-electron chi connectivity index (χ3n) is 1.39. The molecule has 0 amide bonds. The molecule has 2 N–H and O–H groups in total. The van der Waals surface area contributed by atoms with Crippen molar-refractivity contribution in [3.63, 3.8) is 0 Å². The fourth-order valence-corrected chi connectivity index (χ4v) is 1.17. The Bertz CT molecular complexity index is 107. The van der Waals surface area contributed by atoms with E-state index in [-0.39, 0.29) is 6.61 Å². The molecule has 1 heterocycles. The van der Waals surface area contributed by atoms with Crippen molar-refractivity contribution in [2.24, 2.45) is 0 Å². The van der Waals surface area contributed by atoms with Gasteiger partial charge >= 0.3 is 0 Å². The second-order valence-electron chi connectivity index (χ2n) is 2.17. The summed E-state index contributed by atoms with van der Waals surface area (Å²) < 4.78 is 4.66. The number of ether oxygens (including phenoxy) is 1. The molecule has 5 heteroatoms. The summed E-state index contributed by atoms with van der Waals surface area (Å²) in [5.41, 5.74) is 0. The molecule has 0 bridgehead atoms. The number of hydrogen-bond acceptors (Lipinski definition) is 3. The van der Waals surface area contributed by atoms with Crippen molar-refractivity contribution >= 4 is 23.2 Å². The average Bonchev–Trinajstić information content (AvgIpc) is 1.93. The van der Waals surface area contributed by atoms with Crippen LogP contribution in [0.2, 0.25) is 0 Å². The molecule has 4 atom stereocenters. The molecule has 1 fully saturated rings. The zero-order chi connectivity index (χ0) is 7.72. The molecule has 1 aliphatic rings. The Kier molecular flexibility index (Phi) is 2.77. The van der Waals surface area contributed by atoms with Gasteiger partial charge in [0.25, 0.3) is 0 Å². The van der Waals surface area contributed by atoms with Crippen LogP contribution in [0.25, 0.3) is 0 Å². The zero-order valence-corrected chi connectivity index (χ0v) is 6.59. The van der Waals surface area contributed by atoms with Crippen molar-refractivity contribution in [1.29, 1.82) is 0 Å². The van der Waals surface area contributed by atoms with Crippen LogP contribution < -0.4 is 0 Å². The molecule has 0 aliphatic carbocycles. The predicted molar refractivity (Wildman–Crippen MR) is 37.2 cm³/mol. The Morgan fingerprint density at radius 3 is 2.40 bits per heavy atom. The lowest BCUT2D eigenvalue weighted by atomic mass is 10.1. The van der Waals surface area contributed by atoms with Crippen molar-refractivity contribution < 1.29 is 14.9 Å². The Morgan fingerprint density at radius 2 is 1.90 bits per heavy atom. The van der Waals surface area contributed by atoms with E-state index < -0.39 is 23.1 Å². The van der Waals surface area contributed by atoms with Crippen LogP contribution in [0, 0.1) is 0 Å². The maximum atomic E-state index is 9.03. The lowest BCUT2D eigenvalue weighted by Gasteiger charge is -2.31. The van der Waals surface area contributed by atoms with Gasteiger partial charge in [-0.1, -0.05) is 0 Å². The molecule has 10 heavy (non-hydrogen) atoms. The van der Waals surface area contributed by atoms with Crippen molar-refractivity contribution in [3.8, 4) is 0 Å². The molecule has 1 aliphatic heterocycles. The molecular weight excluding hydrogens is 179 g/mol. The Morgan fingerprint density at radius 1 is 1.30 bits per heavy atom. The molecule has 60 valence electrons. The van der Waals surface area contributed by atoms with Gasteiger partial charge in [0.2, 0.25) is 0 Å². The normalized spacial score (nSPS) is 49.2. The molecule has 0 saturated carbocycles. The van der Waals surface area contributed by atoms with Gasteiger partial charge < -0.3 is 14.9 Å². The van der Waals surface area contributed by atoms with Gasteiger partial charge in [0.15, 0.2) is 6.29 Å². The lowest BCUT2D eigenvalue weighted by molar-refractivity contribution is -0.181. The van der Waals surface area contributed by atoms with Crippen molar-refractivity contribution in [3.05, 3.63) is 0 Å². The van der Waals surface area contributed by atoms with Gasteiger partial charge in [0.1, 0.15) is 6.10 Å². The summed E-state index contributed by atoms with van der Waals surface area (Å²) in [4.78, 5) is 0. The first-order valence-electron chi connectivity index (χ1n) is 2.89. The van der Waals surface area contributed by atoms with E-state index in [0.717, 1.165) is 0 Å². The fourth-order valence-electron chi connectivity index (χ4n) is 0.752. The molecule has 0 aromatic heterocycles. The number of aliphatic hydroxyl groups excluding tert-OH is 2. The van der Waals surface area contributed by atoms with Gasteiger partial charge in [-0.25, -0.2) is 0 Å². The van der Waals surface area contributed by atoms with Crippen LogP contribution in [0.4, 0.5) is 0 Å². The van der Waals surface area contributed by atoms with Crippen LogP contribution in [-0.4, -0.2) is 40.0 Å². The average molecular weight is 187 g/mol. The number of halogens is 2. The van der Waals surface area contributed by atoms with Gasteiger partial charge in [0, 0.05) is 0 Å². The molecular formula is C5H8Cl2O3. The number of hydrogen-bond donors (Lipinski definition) is 2. The second-order valence-corrected chi connectivity index (χ2v) is 3.24. The minimum Gasteiger partial charge on any atom is -0.386 e. The molecule has 3 nitrogen and oxygen atoms in total. The van der Waals surface area contributed by atoms with E-state index in [0.29, 0.717) is 0 Å². The number of rotatable bonds is 0. The van der Waals surface area contributed by atoms with E-state index in [9.17, 15) is 0 Å². The molecule has 0 radical (unpaired) electrons. The van der Waals surface area contributed by atoms with E-state index >= 15 is 0 Å². The highest BCUT2D eigenvalue weighted by atomic mass is 35.5. The van der Waals surface area contributed by atoms with E-state index in [1.54, 1.807) is 0 Å². The van der Waals surface area contributed by atoms with Crippen LogP contribution in [0.15, 0.2) is 0 Å². The topological polar surface area (TPSA) is 49.7 Å². The summed E-state index contributed by atoms with van der Waals surface area (Å²) in [5, 5.41) is 16.8. The summed E-state index contributed by atoms with van der Waals surface area (Å²) in [6, 6.07) is 0. The third-order valence-corrected chi connectivity index (χ3v) is 2.48. The van der Waals surface area contributed by atoms with Crippen LogP contribution in [0.1, 0.15) is 0 Å². The van der Waals surface area contributed by atoms with Gasteiger partial charge in [-0.05, 0) is 0 Å². The van der Waals surface area contributed by atoms with E-state index in [2.05, 4.69) is 4.74 Å². The van der Waals surface area contributed by atoms with Gasteiger partial charge in [-0.3, -0.25) is 0 Å². The van der Waals surface area contributed by atoms with E-state index in [1.165, 1.54) is 0 Å². The van der Waals surface area contributed by atoms with Crippen LogP contribution in [0.3, 0.4) is 0 Å². The smallest absolute Gasteiger partial charge is 0.182 e. The van der Waals surface area contributed by atoms with Gasteiger partial charge in [0.05, 0.1) is 17.4 Å². The van der Waals surface area contributed by atoms with Crippen LogP contribution in [-0.2, 0) is 4.74 Å². The summed E-state index contributed by atoms with van der Waals surface area (Å²) >= 11 is 11.2. The Labute approximate surface area is 68.5 Å². The lowest BCUT2D eigenvalue weighted by Crippen LogP contribution is -2.48. The monoisotopic (exact) mass is 186 g/mol. The minimum atomic E-state index is -1.20. The first-order valence-corrected chi connectivity index (χ1v) is 3.76. The largest absolute Gasteiger partial charge is 0.386 e. The summed E-state index contributed by atoms with van der Waals surface area (Å²) in [5.74, 6) is 0.